The number of nitrogens with zero attached hydrogens (tertiary/aromatic N) is 2. The Morgan fingerprint density at radius 3 is 2.80 bits per heavy atom. The predicted molar refractivity (Wildman–Crippen MR) is 136 cm³/mol. The zero-order chi connectivity index (χ0) is 24.3. The van der Waals surface area contributed by atoms with Crippen molar-refractivity contribution >= 4 is 16.6 Å². The molecule has 1 saturated carbocycles. The molecule has 2 aromatic rings. The first kappa shape index (κ1) is 22.0. The van der Waals surface area contributed by atoms with Gasteiger partial charge in [0, 0.05) is 17.4 Å². The van der Waals surface area contributed by atoms with Crippen molar-refractivity contribution in [3.8, 4) is 0 Å². The summed E-state index contributed by atoms with van der Waals surface area (Å²) in [7, 11) is 3.96. The van der Waals surface area contributed by atoms with E-state index in [1.165, 1.54) is 16.7 Å². The maximum atomic E-state index is 11.1. The van der Waals surface area contributed by atoms with Crippen LogP contribution in [0.5, 0.6) is 0 Å². The lowest BCUT2D eigenvalue weighted by atomic mass is 9.58. The summed E-state index contributed by atoms with van der Waals surface area (Å²) in [6.45, 7) is 4.41. The molecule has 0 radical (unpaired) electrons. The molecule has 2 spiro atoms. The van der Waals surface area contributed by atoms with Crippen molar-refractivity contribution in [3.05, 3.63) is 59.0 Å². The molecule has 6 nitrogen and oxygen atoms in total. The number of aryl methyl sites for hydroxylation is 1. The highest BCUT2D eigenvalue weighted by Gasteiger charge is 2.67. The second kappa shape index (κ2) is 6.94. The molecule has 3 aliphatic carbocycles. The van der Waals surface area contributed by atoms with E-state index in [4.69, 9.17) is 4.74 Å². The zero-order valence-electron chi connectivity index (χ0n) is 21.0. The van der Waals surface area contributed by atoms with Gasteiger partial charge in [-0.2, -0.15) is 0 Å². The van der Waals surface area contributed by atoms with E-state index in [1.54, 1.807) is 0 Å². The number of rotatable bonds is 2. The first-order valence-corrected chi connectivity index (χ1v) is 13.0. The van der Waals surface area contributed by atoms with Gasteiger partial charge in [0.25, 0.3) is 0 Å². The lowest BCUT2D eigenvalue weighted by molar-refractivity contribution is -0.161. The van der Waals surface area contributed by atoms with Crippen molar-refractivity contribution in [1.29, 1.82) is 0 Å². The third-order valence-corrected chi connectivity index (χ3v) is 10.0. The molecule has 184 valence electrons. The van der Waals surface area contributed by atoms with Crippen LogP contribution in [0.2, 0.25) is 0 Å². The molecule has 1 aromatic heterocycles. The van der Waals surface area contributed by atoms with Crippen LogP contribution in [-0.2, 0) is 4.74 Å². The Bertz CT molecular complexity index is 1340. The molecule has 2 aliphatic heterocycles. The number of allylic oxidation sites excluding steroid dienone is 3. The Morgan fingerprint density at radius 1 is 1.17 bits per heavy atom. The molecule has 6 heteroatoms. The third-order valence-electron chi connectivity index (χ3n) is 10.0. The number of aromatic nitrogens is 2. The van der Waals surface area contributed by atoms with Gasteiger partial charge in [-0.1, -0.05) is 31.2 Å². The maximum Gasteiger partial charge on any atom is 0.105 e. The lowest BCUT2D eigenvalue weighted by Crippen LogP contribution is -2.61. The highest BCUT2D eigenvalue weighted by atomic mass is 16.5. The van der Waals surface area contributed by atoms with Crippen LogP contribution in [0.25, 0.3) is 16.6 Å². The SMILES string of the molecule is Cc1nc2cc(C3=CCC4[C@]3(C)CC=C3C=C5[C@@H](O)[C@H](O)[C@@H](N(C)C)C[C@]56CC[C@@]34O6)ccc2[nH]1. The molecular formula is C29H35N3O3. The van der Waals surface area contributed by atoms with Crippen LogP contribution in [0.4, 0.5) is 0 Å². The molecule has 0 amide bonds. The van der Waals surface area contributed by atoms with Gasteiger partial charge >= 0.3 is 0 Å². The molecule has 7 rings (SSSR count). The van der Waals surface area contributed by atoms with Crippen molar-refractivity contribution < 1.29 is 14.9 Å². The summed E-state index contributed by atoms with van der Waals surface area (Å²) in [5, 5.41) is 22.0. The number of aromatic amines is 1. The van der Waals surface area contributed by atoms with Crippen LogP contribution in [-0.4, -0.2) is 68.6 Å². The van der Waals surface area contributed by atoms with Gasteiger partial charge in [0.15, 0.2) is 0 Å². The fourth-order valence-corrected chi connectivity index (χ4v) is 8.25. The number of aliphatic hydroxyl groups is 2. The predicted octanol–water partition coefficient (Wildman–Crippen LogP) is 3.89. The van der Waals surface area contributed by atoms with E-state index in [1.807, 2.05) is 25.9 Å². The number of imidazole rings is 1. The Morgan fingerprint density at radius 2 is 2.00 bits per heavy atom. The normalized spacial score (nSPS) is 41.9. The van der Waals surface area contributed by atoms with E-state index in [-0.39, 0.29) is 17.1 Å². The molecule has 2 bridgehead atoms. The van der Waals surface area contributed by atoms with Crippen LogP contribution in [0.3, 0.4) is 0 Å². The van der Waals surface area contributed by atoms with Gasteiger partial charge in [0.1, 0.15) is 11.9 Å². The summed E-state index contributed by atoms with van der Waals surface area (Å²) in [5.74, 6) is 1.29. The largest absolute Gasteiger partial charge is 0.388 e. The number of hydrogen-bond acceptors (Lipinski definition) is 5. The number of aliphatic hydroxyl groups excluding tert-OH is 2. The molecule has 1 saturated heterocycles. The number of H-pyrrole nitrogens is 1. The summed E-state index contributed by atoms with van der Waals surface area (Å²) in [6.07, 6.45) is 9.81. The van der Waals surface area contributed by atoms with E-state index in [2.05, 4.69) is 53.3 Å². The van der Waals surface area contributed by atoms with E-state index in [0.717, 1.165) is 54.5 Å². The molecular weight excluding hydrogens is 438 g/mol. The quantitative estimate of drug-likeness (QED) is 0.617. The molecule has 2 fully saturated rings. The minimum absolute atomic E-state index is 0.0207. The second-order valence-electron chi connectivity index (χ2n) is 12.0. The first-order valence-electron chi connectivity index (χ1n) is 13.0. The Balaban J connectivity index is 1.30. The van der Waals surface area contributed by atoms with Gasteiger partial charge in [-0.15, -0.1) is 0 Å². The molecule has 1 aromatic carbocycles. The summed E-state index contributed by atoms with van der Waals surface area (Å²) in [4.78, 5) is 10.0. The summed E-state index contributed by atoms with van der Waals surface area (Å²) < 4.78 is 7.23. The van der Waals surface area contributed by atoms with Crippen molar-refractivity contribution in [2.75, 3.05) is 14.1 Å². The number of likely N-dealkylation sites (N-methyl/N-ethyl adjacent to an activating group) is 1. The van der Waals surface area contributed by atoms with E-state index in [9.17, 15) is 10.2 Å². The van der Waals surface area contributed by atoms with Gasteiger partial charge in [-0.25, -0.2) is 4.98 Å². The summed E-state index contributed by atoms with van der Waals surface area (Å²) in [6, 6.07) is 6.48. The highest BCUT2D eigenvalue weighted by Crippen LogP contribution is 2.67. The first-order chi connectivity index (χ1) is 16.7. The monoisotopic (exact) mass is 473 g/mol. The number of ether oxygens (including phenoxy) is 1. The topological polar surface area (TPSA) is 81.6 Å². The van der Waals surface area contributed by atoms with Crippen molar-refractivity contribution in [3.63, 3.8) is 0 Å². The van der Waals surface area contributed by atoms with Crippen LogP contribution >= 0.6 is 0 Å². The van der Waals surface area contributed by atoms with Crippen molar-refractivity contribution in [2.45, 2.75) is 75.4 Å². The number of benzene rings is 1. The Kier molecular flexibility index (Phi) is 4.36. The van der Waals surface area contributed by atoms with Gasteiger partial charge in [0.2, 0.25) is 0 Å². The van der Waals surface area contributed by atoms with Gasteiger partial charge in [0.05, 0.1) is 28.3 Å². The highest BCUT2D eigenvalue weighted by molar-refractivity contribution is 5.83. The van der Waals surface area contributed by atoms with Crippen LogP contribution in [0.15, 0.2) is 47.6 Å². The minimum atomic E-state index is -0.886. The number of fused-ring (bicyclic) bond motifs is 2. The standard InChI is InChI=1S/C29H35N3O3/c1-16-30-21-7-5-17(13-22(21)31-16)19-6-8-24-27(19,2)10-9-18-14-20-25(33)26(34)23(32(3)4)15-28(20)11-12-29(18,24)35-28/h5-7,9,13-14,23-26,33-34H,8,10-12,15H2,1-4H3,(H,30,31)/t23-,24?,25+,26+,27+,28+,29+/m0/s1. The maximum absolute atomic E-state index is 11.1. The summed E-state index contributed by atoms with van der Waals surface area (Å²) in [5.41, 5.74) is 6.01. The fraction of sp³-hybridized carbons (Fsp3) is 0.552. The fourth-order valence-electron chi connectivity index (χ4n) is 8.25. The van der Waals surface area contributed by atoms with E-state index < -0.39 is 17.8 Å². The van der Waals surface area contributed by atoms with E-state index in [0.29, 0.717) is 5.92 Å². The number of hydrogen-bond donors (Lipinski definition) is 3. The molecule has 1 unspecified atom stereocenters. The molecule has 35 heavy (non-hydrogen) atoms. The zero-order valence-corrected chi connectivity index (χ0v) is 21.0. The second-order valence-corrected chi connectivity index (χ2v) is 12.0. The van der Waals surface area contributed by atoms with Crippen molar-refractivity contribution in [2.24, 2.45) is 11.3 Å². The van der Waals surface area contributed by atoms with Crippen LogP contribution in [0.1, 0.15) is 50.4 Å². The van der Waals surface area contributed by atoms with E-state index >= 15 is 0 Å². The van der Waals surface area contributed by atoms with Crippen LogP contribution < -0.4 is 0 Å². The van der Waals surface area contributed by atoms with Gasteiger partial charge in [-0.05, 0) is 87.5 Å². The Hall–Kier alpha value is -2.25. The Labute approximate surface area is 206 Å². The smallest absolute Gasteiger partial charge is 0.105 e. The summed E-state index contributed by atoms with van der Waals surface area (Å²) >= 11 is 0. The van der Waals surface area contributed by atoms with Gasteiger partial charge in [-0.3, -0.25) is 0 Å². The average molecular weight is 474 g/mol. The van der Waals surface area contributed by atoms with Crippen LogP contribution in [0, 0.1) is 18.3 Å². The molecule has 3 N–H and O–H groups in total. The number of nitrogens with one attached hydrogen (secondary N) is 1. The van der Waals surface area contributed by atoms with Crippen molar-refractivity contribution in [1.82, 2.24) is 14.9 Å². The third kappa shape index (κ3) is 2.71. The molecule has 7 atom stereocenters. The average Bonchev–Trinajstić information content (AvgIpc) is 3.47. The van der Waals surface area contributed by atoms with Gasteiger partial charge < -0.3 is 24.8 Å². The molecule has 5 aliphatic rings. The minimum Gasteiger partial charge on any atom is -0.388 e. The lowest BCUT2D eigenvalue weighted by Gasteiger charge is -2.55. The molecule has 3 heterocycles.